The molecule has 1 fully saturated rings. The average Bonchev–Trinajstić information content (AvgIpc) is 2.86. The summed E-state index contributed by atoms with van der Waals surface area (Å²) in [6.45, 7) is 4.22. The Hall–Kier alpha value is -1.30. The zero-order chi connectivity index (χ0) is 15.4. The Morgan fingerprint density at radius 3 is 2.62 bits per heavy atom. The van der Waals surface area contributed by atoms with Gasteiger partial charge >= 0.3 is 5.97 Å². The van der Waals surface area contributed by atoms with Crippen molar-refractivity contribution in [1.29, 1.82) is 0 Å². The lowest BCUT2D eigenvalue weighted by Crippen LogP contribution is -2.39. The Morgan fingerprint density at radius 2 is 2.05 bits per heavy atom. The molecule has 1 N–H and O–H groups in total. The summed E-state index contributed by atoms with van der Waals surface area (Å²) in [5.74, 6) is -0.242. The van der Waals surface area contributed by atoms with Crippen molar-refractivity contribution in [3.8, 4) is 0 Å². The molecule has 1 aliphatic rings. The first-order valence-electron chi connectivity index (χ1n) is 7.38. The molecule has 1 aromatic heterocycles. The second kappa shape index (κ2) is 7.11. The van der Waals surface area contributed by atoms with Crippen LogP contribution in [0.1, 0.15) is 43.1 Å². The summed E-state index contributed by atoms with van der Waals surface area (Å²) < 4.78 is 2.87. The van der Waals surface area contributed by atoms with Crippen LogP contribution in [0.25, 0.3) is 0 Å². The van der Waals surface area contributed by atoms with Gasteiger partial charge in [-0.25, -0.2) is 0 Å². The number of hydrogen-bond acceptors (Lipinski definition) is 2. The van der Waals surface area contributed by atoms with Crippen molar-refractivity contribution in [3.05, 3.63) is 22.4 Å². The summed E-state index contributed by atoms with van der Waals surface area (Å²) in [7, 11) is 0. The summed E-state index contributed by atoms with van der Waals surface area (Å²) in [6.07, 6.45) is 4.66. The number of carboxylic acid groups (broad SMARTS) is 1. The van der Waals surface area contributed by atoms with Crippen molar-refractivity contribution >= 4 is 27.8 Å². The molecule has 1 amide bonds. The molecule has 1 aromatic rings. The fourth-order valence-electron chi connectivity index (χ4n) is 2.83. The van der Waals surface area contributed by atoms with Gasteiger partial charge in [-0.3, -0.25) is 9.59 Å². The lowest BCUT2D eigenvalue weighted by Gasteiger charge is -2.32. The van der Waals surface area contributed by atoms with Crippen molar-refractivity contribution < 1.29 is 14.7 Å². The van der Waals surface area contributed by atoms with E-state index in [2.05, 4.69) is 15.9 Å². The number of carbonyl (C=O) groups is 2. The molecular weight excluding hydrogens is 336 g/mol. The van der Waals surface area contributed by atoms with E-state index >= 15 is 0 Å². The number of hydrogen-bond donors (Lipinski definition) is 1. The van der Waals surface area contributed by atoms with Crippen LogP contribution < -0.4 is 0 Å². The molecule has 21 heavy (non-hydrogen) atoms. The van der Waals surface area contributed by atoms with Crippen molar-refractivity contribution in [2.45, 2.75) is 39.2 Å². The smallest absolute Gasteiger partial charge is 0.303 e. The third-order valence-electron chi connectivity index (χ3n) is 4.09. The van der Waals surface area contributed by atoms with Gasteiger partial charge in [0.2, 0.25) is 0 Å². The lowest BCUT2D eigenvalue weighted by molar-refractivity contribution is -0.137. The molecule has 0 radical (unpaired) electrons. The molecule has 2 heterocycles. The largest absolute Gasteiger partial charge is 0.481 e. The maximum atomic E-state index is 12.6. The Kier molecular flexibility index (Phi) is 5.45. The number of carboxylic acids is 1. The maximum Gasteiger partial charge on any atom is 0.303 e. The molecule has 0 bridgehead atoms. The van der Waals surface area contributed by atoms with Gasteiger partial charge in [0, 0.05) is 36.7 Å². The number of likely N-dealkylation sites (tertiary alicyclic amines) is 1. The second-order valence-corrected chi connectivity index (χ2v) is 6.41. The quantitative estimate of drug-likeness (QED) is 0.881. The van der Waals surface area contributed by atoms with Crippen LogP contribution in [0.4, 0.5) is 0 Å². The maximum absolute atomic E-state index is 12.6. The molecule has 0 saturated carbocycles. The third kappa shape index (κ3) is 4.09. The van der Waals surface area contributed by atoms with E-state index in [0.29, 0.717) is 18.0 Å². The Labute approximate surface area is 133 Å². The fourth-order valence-corrected chi connectivity index (χ4v) is 3.29. The minimum atomic E-state index is -0.737. The predicted molar refractivity (Wildman–Crippen MR) is 83.3 cm³/mol. The van der Waals surface area contributed by atoms with E-state index < -0.39 is 5.97 Å². The molecule has 1 aliphatic heterocycles. The van der Waals surface area contributed by atoms with E-state index in [1.54, 1.807) is 0 Å². The highest BCUT2D eigenvalue weighted by Crippen LogP contribution is 2.24. The Morgan fingerprint density at radius 1 is 1.38 bits per heavy atom. The Bertz CT molecular complexity index is 519. The molecule has 0 aromatic carbocycles. The molecule has 0 atom stereocenters. The molecule has 0 spiro atoms. The van der Waals surface area contributed by atoms with Gasteiger partial charge in [-0.2, -0.15) is 0 Å². The average molecular weight is 357 g/mol. The minimum Gasteiger partial charge on any atom is -0.481 e. The molecule has 6 heteroatoms. The van der Waals surface area contributed by atoms with Crippen LogP contribution in [-0.2, 0) is 11.3 Å². The van der Waals surface area contributed by atoms with Crippen LogP contribution in [0.15, 0.2) is 16.7 Å². The SMILES string of the molecule is CCn1cc(Br)cc1C(=O)N1CCC(CCC(=O)O)CC1. The molecule has 1 saturated heterocycles. The van der Waals surface area contributed by atoms with E-state index in [1.165, 1.54) is 0 Å². The number of nitrogens with zero attached hydrogens (tertiary/aromatic N) is 2. The third-order valence-corrected chi connectivity index (χ3v) is 4.52. The molecule has 0 unspecified atom stereocenters. The molecule has 0 aliphatic carbocycles. The monoisotopic (exact) mass is 356 g/mol. The van der Waals surface area contributed by atoms with Crippen molar-refractivity contribution in [3.63, 3.8) is 0 Å². The first-order chi connectivity index (χ1) is 10.0. The molecular formula is C15H21BrN2O3. The summed E-state index contributed by atoms with van der Waals surface area (Å²) >= 11 is 3.41. The highest BCUT2D eigenvalue weighted by atomic mass is 79.9. The van der Waals surface area contributed by atoms with E-state index in [0.717, 1.165) is 36.9 Å². The zero-order valence-corrected chi connectivity index (χ0v) is 13.8. The summed E-state index contributed by atoms with van der Waals surface area (Å²) in [6, 6.07) is 1.86. The van der Waals surface area contributed by atoms with Crippen LogP contribution in [0.2, 0.25) is 0 Å². The molecule has 5 nitrogen and oxygen atoms in total. The van der Waals surface area contributed by atoms with Crippen LogP contribution in [0, 0.1) is 5.92 Å². The second-order valence-electron chi connectivity index (χ2n) is 5.50. The van der Waals surface area contributed by atoms with Gasteiger partial charge in [0.1, 0.15) is 5.69 Å². The van der Waals surface area contributed by atoms with Crippen LogP contribution >= 0.6 is 15.9 Å². The highest BCUT2D eigenvalue weighted by molar-refractivity contribution is 9.10. The number of amides is 1. The van der Waals surface area contributed by atoms with Gasteiger partial charge < -0.3 is 14.6 Å². The van der Waals surface area contributed by atoms with Crippen LogP contribution in [0.3, 0.4) is 0 Å². The van der Waals surface area contributed by atoms with E-state index in [-0.39, 0.29) is 12.3 Å². The lowest BCUT2D eigenvalue weighted by atomic mass is 9.92. The fraction of sp³-hybridized carbons (Fsp3) is 0.600. The summed E-state index contributed by atoms with van der Waals surface area (Å²) in [5, 5.41) is 8.72. The standard InChI is InChI=1S/C15H21BrN2O3/c1-2-17-10-12(16)9-13(17)15(21)18-7-5-11(6-8-18)3-4-14(19)20/h9-11H,2-8H2,1H3,(H,19,20). The van der Waals surface area contributed by atoms with E-state index in [9.17, 15) is 9.59 Å². The first kappa shape index (κ1) is 16.1. The van der Waals surface area contributed by atoms with Crippen LogP contribution in [0.5, 0.6) is 0 Å². The number of piperidine rings is 1. The number of halogens is 1. The van der Waals surface area contributed by atoms with Gasteiger partial charge in [0.15, 0.2) is 0 Å². The Balaban J connectivity index is 1.92. The molecule has 2 rings (SSSR count). The van der Waals surface area contributed by atoms with Gasteiger partial charge in [0.05, 0.1) is 0 Å². The van der Waals surface area contributed by atoms with Gasteiger partial charge in [-0.15, -0.1) is 0 Å². The number of aromatic nitrogens is 1. The summed E-state index contributed by atoms with van der Waals surface area (Å²) in [5.41, 5.74) is 0.716. The van der Waals surface area contributed by atoms with Crippen molar-refractivity contribution in [2.75, 3.05) is 13.1 Å². The number of aliphatic carboxylic acids is 1. The summed E-state index contributed by atoms with van der Waals surface area (Å²) in [4.78, 5) is 25.0. The normalized spacial score (nSPS) is 16.2. The van der Waals surface area contributed by atoms with Gasteiger partial charge in [0.25, 0.3) is 5.91 Å². The number of rotatable bonds is 5. The molecule has 116 valence electrons. The van der Waals surface area contributed by atoms with Crippen molar-refractivity contribution in [2.24, 2.45) is 5.92 Å². The van der Waals surface area contributed by atoms with E-state index in [1.807, 2.05) is 28.7 Å². The highest BCUT2D eigenvalue weighted by Gasteiger charge is 2.25. The first-order valence-corrected chi connectivity index (χ1v) is 8.17. The van der Waals surface area contributed by atoms with Crippen LogP contribution in [-0.4, -0.2) is 39.5 Å². The van der Waals surface area contributed by atoms with Crippen molar-refractivity contribution in [1.82, 2.24) is 9.47 Å². The minimum absolute atomic E-state index is 0.0687. The van der Waals surface area contributed by atoms with Gasteiger partial charge in [-0.1, -0.05) is 0 Å². The topological polar surface area (TPSA) is 62.5 Å². The zero-order valence-electron chi connectivity index (χ0n) is 12.2. The van der Waals surface area contributed by atoms with Gasteiger partial charge in [-0.05, 0) is 54.1 Å². The number of carbonyl (C=O) groups excluding carboxylic acids is 1. The predicted octanol–water partition coefficient (Wildman–Crippen LogP) is 2.99. The number of aryl methyl sites for hydroxylation is 1. The van der Waals surface area contributed by atoms with E-state index in [4.69, 9.17) is 5.11 Å².